The highest BCUT2D eigenvalue weighted by Crippen LogP contribution is 2.31. The molecule has 0 spiro atoms. The van der Waals surface area contributed by atoms with Gasteiger partial charge in [0.1, 0.15) is 5.75 Å². The van der Waals surface area contributed by atoms with Crippen molar-refractivity contribution >= 4 is 0 Å². The fourth-order valence-corrected chi connectivity index (χ4v) is 1.84. The summed E-state index contributed by atoms with van der Waals surface area (Å²) >= 11 is 0. The summed E-state index contributed by atoms with van der Waals surface area (Å²) in [5.41, 5.74) is 3.57. The molecule has 0 fully saturated rings. The number of phenols is 1. The van der Waals surface area contributed by atoms with E-state index in [2.05, 4.69) is 39.8 Å². The third-order valence-corrected chi connectivity index (χ3v) is 3.05. The van der Waals surface area contributed by atoms with Crippen molar-refractivity contribution in [2.24, 2.45) is 0 Å². The van der Waals surface area contributed by atoms with Crippen molar-refractivity contribution in [2.45, 2.75) is 59.3 Å². The van der Waals surface area contributed by atoms with E-state index < -0.39 is 0 Å². The highest BCUT2D eigenvalue weighted by Gasteiger charge is 2.16. The Labute approximate surface area is 99.5 Å². The Balaban J connectivity index is 3.12. The molecule has 0 bridgehead atoms. The molecule has 0 amide bonds. The predicted molar refractivity (Wildman–Crippen MR) is 70.2 cm³/mol. The first-order valence-electron chi connectivity index (χ1n) is 6.19. The molecule has 0 atom stereocenters. The van der Waals surface area contributed by atoms with Crippen molar-refractivity contribution in [2.75, 3.05) is 0 Å². The molecule has 0 aliphatic carbocycles. The fraction of sp³-hybridized carbons (Fsp3) is 0.600. The second-order valence-corrected chi connectivity index (χ2v) is 5.65. The summed E-state index contributed by atoms with van der Waals surface area (Å²) < 4.78 is 0. The minimum absolute atomic E-state index is 0.152. The van der Waals surface area contributed by atoms with Crippen LogP contribution in [0.25, 0.3) is 0 Å². The van der Waals surface area contributed by atoms with Crippen molar-refractivity contribution < 1.29 is 5.11 Å². The summed E-state index contributed by atoms with van der Waals surface area (Å²) in [5.74, 6) is 0.487. The van der Waals surface area contributed by atoms with Crippen LogP contribution in [0.5, 0.6) is 5.75 Å². The molecule has 1 aromatic rings. The molecule has 0 saturated heterocycles. The zero-order valence-corrected chi connectivity index (χ0v) is 11.2. The van der Waals surface area contributed by atoms with Crippen LogP contribution in [0.15, 0.2) is 12.1 Å². The molecule has 0 radical (unpaired) electrons. The van der Waals surface area contributed by atoms with Gasteiger partial charge in [-0.1, -0.05) is 46.2 Å². The SMILES string of the molecule is CCCCc1cc(C(C)(C)C)cc(C)c1O. The predicted octanol–water partition coefficient (Wildman–Crippen LogP) is 4.34. The quantitative estimate of drug-likeness (QED) is 0.803. The lowest BCUT2D eigenvalue weighted by Gasteiger charge is -2.21. The van der Waals surface area contributed by atoms with Crippen LogP contribution in [0, 0.1) is 6.92 Å². The molecule has 90 valence electrons. The Bertz CT molecular complexity index is 358. The van der Waals surface area contributed by atoms with Gasteiger partial charge in [-0.2, -0.15) is 0 Å². The molecule has 0 aromatic heterocycles. The van der Waals surface area contributed by atoms with Gasteiger partial charge < -0.3 is 5.11 Å². The van der Waals surface area contributed by atoms with Crippen molar-refractivity contribution in [3.63, 3.8) is 0 Å². The summed E-state index contributed by atoms with van der Waals surface area (Å²) in [7, 11) is 0. The van der Waals surface area contributed by atoms with Crippen LogP contribution in [0.2, 0.25) is 0 Å². The van der Waals surface area contributed by atoms with Crippen LogP contribution in [-0.2, 0) is 11.8 Å². The molecule has 0 aliphatic rings. The van der Waals surface area contributed by atoms with Gasteiger partial charge in [0.15, 0.2) is 0 Å². The molecule has 16 heavy (non-hydrogen) atoms. The Morgan fingerprint density at radius 1 is 1.19 bits per heavy atom. The van der Waals surface area contributed by atoms with E-state index in [9.17, 15) is 5.11 Å². The molecule has 1 rings (SSSR count). The van der Waals surface area contributed by atoms with Crippen LogP contribution in [-0.4, -0.2) is 5.11 Å². The molecule has 0 heterocycles. The summed E-state index contributed by atoms with van der Waals surface area (Å²) in [5, 5.41) is 10.0. The first kappa shape index (κ1) is 13.1. The number of aromatic hydroxyl groups is 1. The molecule has 0 unspecified atom stereocenters. The normalized spacial score (nSPS) is 11.8. The van der Waals surface area contributed by atoms with Gasteiger partial charge in [0.05, 0.1) is 0 Å². The number of hydrogen-bond acceptors (Lipinski definition) is 1. The van der Waals surface area contributed by atoms with Gasteiger partial charge in [-0.05, 0) is 41.9 Å². The minimum atomic E-state index is 0.152. The number of aryl methyl sites for hydroxylation is 2. The molecule has 1 N–H and O–H groups in total. The standard InChI is InChI=1S/C15H24O/c1-6-7-8-12-10-13(15(3,4)5)9-11(2)14(12)16/h9-10,16H,6-8H2,1-5H3. The maximum atomic E-state index is 10.0. The number of unbranched alkanes of at least 4 members (excludes halogenated alkanes) is 1. The molecule has 0 aliphatic heterocycles. The van der Waals surface area contributed by atoms with E-state index in [-0.39, 0.29) is 5.41 Å². The second-order valence-electron chi connectivity index (χ2n) is 5.65. The van der Waals surface area contributed by atoms with Gasteiger partial charge in [0.25, 0.3) is 0 Å². The van der Waals surface area contributed by atoms with Gasteiger partial charge in [-0.3, -0.25) is 0 Å². The maximum Gasteiger partial charge on any atom is 0.121 e. The van der Waals surface area contributed by atoms with Gasteiger partial charge >= 0.3 is 0 Å². The second kappa shape index (κ2) is 4.90. The van der Waals surface area contributed by atoms with E-state index >= 15 is 0 Å². The average molecular weight is 220 g/mol. The van der Waals surface area contributed by atoms with Gasteiger partial charge in [0.2, 0.25) is 0 Å². The zero-order chi connectivity index (χ0) is 12.3. The zero-order valence-electron chi connectivity index (χ0n) is 11.2. The summed E-state index contributed by atoms with van der Waals surface area (Å²) in [6.07, 6.45) is 3.28. The number of benzene rings is 1. The smallest absolute Gasteiger partial charge is 0.121 e. The van der Waals surface area contributed by atoms with Gasteiger partial charge in [-0.15, -0.1) is 0 Å². The number of rotatable bonds is 3. The highest BCUT2D eigenvalue weighted by atomic mass is 16.3. The van der Waals surface area contributed by atoms with Gasteiger partial charge in [-0.25, -0.2) is 0 Å². The first-order valence-corrected chi connectivity index (χ1v) is 6.19. The summed E-state index contributed by atoms with van der Waals surface area (Å²) in [4.78, 5) is 0. The minimum Gasteiger partial charge on any atom is -0.507 e. The van der Waals surface area contributed by atoms with E-state index in [0.29, 0.717) is 5.75 Å². The van der Waals surface area contributed by atoms with Crippen LogP contribution >= 0.6 is 0 Å². The highest BCUT2D eigenvalue weighted by molar-refractivity contribution is 5.45. The van der Waals surface area contributed by atoms with Crippen LogP contribution in [0.3, 0.4) is 0 Å². The molecular weight excluding hydrogens is 196 g/mol. The van der Waals surface area contributed by atoms with Crippen molar-refractivity contribution in [1.29, 1.82) is 0 Å². The van der Waals surface area contributed by atoms with Crippen molar-refractivity contribution in [1.82, 2.24) is 0 Å². The van der Waals surface area contributed by atoms with Gasteiger partial charge in [0, 0.05) is 0 Å². The van der Waals surface area contributed by atoms with Crippen molar-refractivity contribution in [3.05, 3.63) is 28.8 Å². The van der Waals surface area contributed by atoms with Crippen LogP contribution in [0.4, 0.5) is 0 Å². The lowest BCUT2D eigenvalue weighted by molar-refractivity contribution is 0.461. The fourth-order valence-electron chi connectivity index (χ4n) is 1.84. The Morgan fingerprint density at radius 3 is 2.31 bits per heavy atom. The molecule has 1 aromatic carbocycles. The monoisotopic (exact) mass is 220 g/mol. The van der Waals surface area contributed by atoms with E-state index in [0.717, 1.165) is 30.4 Å². The van der Waals surface area contributed by atoms with E-state index in [1.54, 1.807) is 0 Å². The van der Waals surface area contributed by atoms with Crippen LogP contribution in [0.1, 0.15) is 57.2 Å². The summed E-state index contributed by atoms with van der Waals surface area (Å²) in [6.45, 7) is 10.8. The van der Waals surface area contributed by atoms with E-state index in [4.69, 9.17) is 0 Å². The number of phenolic OH excluding ortho intramolecular Hbond substituents is 1. The lowest BCUT2D eigenvalue weighted by atomic mass is 9.84. The average Bonchev–Trinajstić information content (AvgIpc) is 2.18. The molecule has 1 heteroatoms. The van der Waals surface area contributed by atoms with Crippen LogP contribution < -0.4 is 0 Å². The van der Waals surface area contributed by atoms with E-state index in [1.807, 2.05) is 6.92 Å². The molecule has 1 nitrogen and oxygen atoms in total. The third kappa shape index (κ3) is 3.01. The topological polar surface area (TPSA) is 20.2 Å². The Hall–Kier alpha value is -0.980. The number of hydrogen-bond donors (Lipinski definition) is 1. The van der Waals surface area contributed by atoms with Crippen molar-refractivity contribution in [3.8, 4) is 5.75 Å². The maximum absolute atomic E-state index is 10.0. The Morgan fingerprint density at radius 2 is 1.81 bits per heavy atom. The van der Waals surface area contributed by atoms with E-state index in [1.165, 1.54) is 5.56 Å². The molecular formula is C15H24O. The third-order valence-electron chi connectivity index (χ3n) is 3.05. The molecule has 0 saturated carbocycles. The Kier molecular flexibility index (Phi) is 4.01. The summed E-state index contributed by atoms with van der Waals surface area (Å²) in [6, 6.07) is 4.27. The largest absolute Gasteiger partial charge is 0.507 e. The lowest BCUT2D eigenvalue weighted by Crippen LogP contribution is -2.12. The first-order chi connectivity index (χ1) is 7.36.